The second-order valence-corrected chi connectivity index (χ2v) is 8.23. The Morgan fingerprint density at radius 2 is 1.88 bits per heavy atom. The molecular formula is C24H27ClN4O3. The maximum absolute atomic E-state index is 12.9. The molecule has 32 heavy (non-hydrogen) atoms. The molecule has 0 saturated carbocycles. The molecular weight excluding hydrogens is 428 g/mol. The predicted molar refractivity (Wildman–Crippen MR) is 127 cm³/mol. The quantitative estimate of drug-likeness (QED) is 0.573. The minimum Gasteiger partial charge on any atom is -0.495 e. The van der Waals surface area contributed by atoms with Gasteiger partial charge in [-0.3, -0.25) is 4.79 Å². The Balaban J connectivity index is 1.47. The van der Waals surface area contributed by atoms with Crippen molar-refractivity contribution in [2.24, 2.45) is 5.92 Å². The molecule has 4 rings (SSSR count). The third-order valence-electron chi connectivity index (χ3n) is 5.71. The van der Waals surface area contributed by atoms with Crippen molar-refractivity contribution in [2.45, 2.75) is 26.7 Å². The van der Waals surface area contributed by atoms with E-state index in [0.29, 0.717) is 54.9 Å². The number of aryl methyl sites for hydroxylation is 1. The van der Waals surface area contributed by atoms with Crippen LogP contribution in [0.25, 0.3) is 11.0 Å². The fourth-order valence-corrected chi connectivity index (χ4v) is 4.09. The molecule has 0 aliphatic carbocycles. The summed E-state index contributed by atoms with van der Waals surface area (Å²) in [6.07, 6.45) is 1.42. The highest BCUT2D eigenvalue weighted by Gasteiger charge is 2.28. The first-order valence-corrected chi connectivity index (χ1v) is 11.2. The minimum atomic E-state index is -0.101. The number of hydrogen-bond acceptors (Lipinski definition) is 6. The molecule has 0 spiro atoms. The molecule has 0 radical (unpaired) electrons. The molecule has 1 N–H and O–H groups in total. The van der Waals surface area contributed by atoms with Gasteiger partial charge in [0.05, 0.1) is 30.4 Å². The van der Waals surface area contributed by atoms with Crippen molar-refractivity contribution in [1.29, 1.82) is 0 Å². The molecule has 1 saturated heterocycles. The summed E-state index contributed by atoms with van der Waals surface area (Å²) in [4.78, 5) is 24.6. The molecule has 2 aromatic carbocycles. The summed E-state index contributed by atoms with van der Waals surface area (Å²) in [6, 6.07) is 11.3. The SMILES string of the molecule is CCOc1nc2ccccc2nc1N1CCC(C(=O)Nc2cc(C)c(Cl)cc2OC)CC1. The molecule has 0 unspecified atom stereocenters. The van der Waals surface area contributed by atoms with E-state index < -0.39 is 0 Å². The van der Waals surface area contributed by atoms with Gasteiger partial charge in [0, 0.05) is 30.1 Å². The van der Waals surface area contributed by atoms with E-state index in [0.717, 1.165) is 22.4 Å². The number of rotatable bonds is 6. The number of para-hydroxylation sites is 2. The number of ether oxygens (including phenoxy) is 2. The molecule has 7 nitrogen and oxygen atoms in total. The third kappa shape index (κ3) is 4.58. The number of carbonyl (C=O) groups is 1. The van der Waals surface area contributed by atoms with Gasteiger partial charge in [-0.25, -0.2) is 9.97 Å². The number of carbonyl (C=O) groups excluding carboxylic acids is 1. The van der Waals surface area contributed by atoms with E-state index in [1.807, 2.05) is 44.2 Å². The van der Waals surface area contributed by atoms with E-state index in [1.54, 1.807) is 13.2 Å². The first-order valence-electron chi connectivity index (χ1n) is 10.8. The molecule has 1 fully saturated rings. The highest BCUT2D eigenvalue weighted by molar-refractivity contribution is 6.31. The lowest BCUT2D eigenvalue weighted by Crippen LogP contribution is -2.39. The van der Waals surface area contributed by atoms with E-state index >= 15 is 0 Å². The summed E-state index contributed by atoms with van der Waals surface area (Å²) < 4.78 is 11.2. The molecule has 1 aromatic heterocycles. The third-order valence-corrected chi connectivity index (χ3v) is 6.11. The van der Waals surface area contributed by atoms with Crippen molar-refractivity contribution in [2.75, 3.05) is 37.0 Å². The fourth-order valence-electron chi connectivity index (χ4n) is 3.93. The standard InChI is InChI=1S/C24H27ClN4O3/c1-4-32-24-22(26-18-7-5-6-8-19(18)28-24)29-11-9-16(10-12-29)23(30)27-20-13-15(2)17(25)14-21(20)31-3/h5-8,13-14,16H,4,9-12H2,1-3H3,(H,27,30). The van der Waals surface area contributed by atoms with Crippen LogP contribution in [0, 0.1) is 12.8 Å². The van der Waals surface area contributed by atoms with Gasteiger partial charge in [0.2, 0.25) is 5.91 Å². The number of aromatic nitrogens is 2. The molecule has 8 heteroatoms. The van der Waals surface area contributed by atoms with Crippen molar-refractivity contribution < 1.29 is 14.3 Å². The Labute approximate surface area is 192 Å². The molecule has 1 amide bonds. The van der Waals surface area contributed by atoms with Gasteiger partial charge in [-0.1, -0.05) is 23.7 Å². The Hall–Kier alpha value is -3.06. The molecule has 0 atom stereocenters. The topological polar surface area (TPSA) is 76.6 Å². The smallest absolute Gasteiger partial charge is 0.258 e. The molecule has 168 valence electrons. The van der Waals surface area contributed by atoms with Gasteiger partial charge < -0.3 is 19.7 Å². The van der Waals surface area contributed by atoms with Gasteiger partial charge in [-0.2, -0.15) is 0 Å². The van der Waals surface area contributed by atoms with Gasteiger partial charge >= 0.3 is 0 Å². The van der Waals surface area contributed by atoms with Crippen molar-refractivity contribution in [1.82, 2.24) is 9.97 Å². The van der Waals surface area contributed by atoms with Crippen LogP contribution in [0.15, 0.2) is 36.4 Å². The van der Waals surface area contributed by atoms with Crippen molar-refractivity contribution in [3.05, 3.63) is 47.0 Å². The van der Waals surface area contributed by atoms with Gasteiger partial charge in [0.25, 0.3) is 5.88 Å². The molecule has 3 aromatic rings. The highest BCUT2D eigenvalue weighted by Crippen LogP contribution is 2.33. The number of anilines is 2. The van der Waals surface area contributed by atoms with Crippen LogP contribution in [0.5, 0.6) is 11.6 Å². The average Bonchev–Trinajstić information content (AvgIpc) is 2.81. The van der Waals surface area contributed by atoms with Crippen LogP contribution in [0.1, 0.15) is 25.3 Å². The lowest BCUT2D eigenvalue weighted by Gasteiger charge is -2.32. The highest BCUT2D eigenvalue weighted by atomic mass is 35.5. The Morgan fingerprint density at radius 3 is 2.53 bits per heavy atom. The van der Waals surface area contributed by atoms with Crippen molar-refractivity contribution in [3.63, 3.8) is 0 Å². The number of hydrogen-bond donors (Lipinski definition) is 1. The predicted octanol–water partition coefficient (Wildman–Crippen LogP) is 4.85. The number of piperidine rings is 1. The monoisotopic (exact) mass is 454 g/mol. The second-order valence-electron chi connectivity index (χ2n) is 7.83. The number of nitrogens with zero attached hydrogens (tertiary/aromatic N) is 3. The minimum absolute atomic E-state index is 0.0145. The zero-order chi connectivity index (χ0) is 22.7. The van der Waals surface area contributed by atoms with Gasteiger partial charge in [0.15, 0.2) is 5.82 Å². The number of amides is 1. The van der Waals surface area contributed by atoms with E-state index in [1.165, 1.54) is 0 Å². The molecule has 2 heterocycles. The van der Waals surface area contributed by atoms with E-state index in [4.69, 9.17) is 26.1 Å². The first-order chi connectivity index (χ1) is 15.5. The fraction of sp³-hybridized carbons (Fsp3) is 0.375. The van der Waals surface area contributed by atoms with Crippen LogP contribution in [0.3, 0.4) is 0 Å². The molecule has 1 aliphatic rings. The Morgan fingerprint density at radius 1 is 1.19 bits per heavy atom. The van der Waals surface area contributed by atoms with E-state index in [-0.39, 0.29) is 11.8 Å². The van der Waals surface area contributed by atoms with Gasteiger partial charge in [-0.05, 0) is 50.5 Å². The zero-order valence-corrected chi connectivity index (χ0v) is 19.3. The van der Waals surface area contributed by atoms with Crippen LogP contribution in [-0.2, 0) is 4.79 Å². The summed E-state index contributed by atoms with van der Waals surface area (Å²) in [5.41, 5.74) is 3.16. The maximum atomic E-state index is 12.9. The van der Waals surface area contributed by atoms with Crippen LogP contribution in [0.2, 0.25) is 5.02 Å². The van der Waals surface area contributed by atoms with E-state index in [9.17, 15) is 4.79 Å². The summed E-state index contributed by atoms with van der Waals surface area (Å²) in [5, 5.41) is 3.62. The summed E-state index contributed by atoms with van der Waals surface area (Å²) >= 11 is 6.18. The molecule has 1 aliphatic heterocycles. The number of benzene rings is 2. The summed E-state index contributed by atoms with van der Waals surface area (Å²) in [6.45, 7) is 5.74. The summed E-state index contributed by atoms with van der Waals surface area (Å²) in [7, 11) is 1.57. The van der Waals surface area contributed by atoms with Gasteiger partial charge in [0.1, 0.15) is 5.75 Å². The van der Waals surface area contributed by atoms with Crippen LogP contribution >= 0.6 is 11.6 Å². The maximum Gasteiger partial charge on any atom is 0.258 e. The normalized spacial score (nSPS) is 14.4. The van der Waals surface area contributed by atoms with Crippen molar-refractivity contribution >= 4 is 40.0 Å². The van der Waals surface area contributed by atoms with Crippen LogP contribution < -0.4 is 19.7 Å². The number of methoxy groups -OCH3 is 1. The number of nitrogens with one attached hydrogen (secondary N) is 1. The average molecular weight is 455 g/mol. The largest absolute Gasteiger partial charge is 0.495 e. The lowest BCUT2D eigenvalue weighted by atomic mass is 9.95. The van der Waals surface area contributed by atoms with Crippen LogP contribution in [0.4, 0.5) is 11.5 Å². The lowest BCUT2D eigenvalue weighted by molar-refractivity contribution is -0.120. The van der Waals surface area contributed by atoms with Gasteiger partial charge in [-0.15, -0.1) is 0 Å². The number of fused-ring (bicyclic) bond motifs is 1. The summed E-state index contributed by atoms with van der Waals surface area (Å²) in [5.74, 6) is 1.71. The Bertz CT molecular complexity index is 1130. The van der Waals surface area contributed by atoms with Crippen LogP contribution in [-0.4, -0.2) is 42.7 Å². The first kappa shape index (κ1) is 22.1. The number of halogens is 1. The zero-order valence-electron chi connectivity index (χ0n) is 18.5. The Kier molecular flexibility index (Phi) is 6.65. The van der Waals surface area contributed by atoms with Crippen molar-refractivity contribution in [3.8, 4) is 11.6 Å². The second kappa shape index (κ2) is 9.61. The van der Waals surface area contributed by atoms with E-state index in [2.05, 4.69) is 15.2 Å². The molecule has 0 bridgehead atoms.